The third kappa shape index (κ3) is 4.07. The summed E-state index contributed by atoms with van der Waals surface area (Å²) in [4.78, 5) is 25.6. The Balaban J connectivity index is 1.51. The van der Waals surface area contributed by atoms with Gasteiger partial charge in [0.2, 0.25) is 0 Å². The van der Waals surface area contributed by atoms with Gasteiger partial charge in [0.1, 0.15) is 5.56 Å². The molecule has 3 aromatic rings. The molecule has 1 aliphatic carbocycles. The lowest BCUT2D eigenvalue weighted by Gasteiger charge is -2.25. The second kappa shape index (κ2) is 8.77. The fourth-order valence-corrected chi connectivity index (χ4v) is 4.60. The molecule has 0 unspecified atom stereocenters. The number of nitrogens with zero attached hydrogens (tertiary/aromatic N) is 6. The van der Waals surface area contributed by atoms with Gasteiger partial charge < -0.3 is 14.7 Å². The number of ether oxygens (including phenoxy) is 1. The molecule has 2 atom stereocenters. The molecule has 1 fully saturated rings. The monoisotopic (exact) mass is 462 g/mol. The zero-order valence-electron chi connectivity index (χ0n) is 19.1. The highest BCUT2D eigenvalue weighted by atomic mass is 16.5. The van der Waals surface area contributed by atoms with E-state index in [2.05, 4.69) is 21.5 Å². The Hall–Kier alpha value is -3.95. The smallest absolute Gasteiger partial charge is 0.407 e. The third-order valence-corrected chi connectivity index (χ3v) is 6.33. The van der Waals surface area contributed by atoms with Gasteiger partial charge in [0, 0.05) is 38.2 Å². The predicted molar refractivity (Wildman–Crippen MR) is 123 cm³/mol. The van der Waals surface area contributed by atoms with Crippen molar-refractivity contribution in [3.8, 4) is 5.69 Å². The summed E-state index contributed by atoms with van der Waals surface area (Å²) >= 11 is 0. The second-order valence-electron chi connectivity index (χ2n) is 8.61. The van der Waals surface area contributed by atoms with Crippen molar-refractivity contribution in [3.05, 3.63) is 65.2 Å². The number of rotatable bonds is 6. The molecule has 10 nitrogen and oxygen atoms in total. The number of hydrogen-bond donors (Lipinski definition) is 1. The molecule has 1 N–H and O–H groups in total. The van der Waals surface area contributed by atoms with E-state index in [0.717, 1.165) is 34.6 Å². The van der Waals surface area contributed by atoms with Gasteiger partial charge in [-0.1, -0.05) is 23.4 Å². The molecular formula is C24H26N6O4. The number of esters is 1. The van der Waals surface area contributed by atoms with Crippen molar-refractivity contribution in [2.45, 2.75) is 31.6 Å². The maximum Gasteiger partial charge on any atom is 0.407 e. The molecule has 5 rings (SSSR count). The molecule has 10 heteroatoms. The van der Waals surface area contributed by atoms with Gasteiger partial charge in [0.05, 0.1) is 29.9 Å². The molecular weight excluding hydrogens is 436 g/mol. The van der Waals surface area contributed by atoms with Gasteiger partial charge in [-0.25, -0.2) is 14.3 Å². The molecule has 1 amide bonds. The standard InChI is InChI=1S/C24H26N6O4/c1-3-34-23(31)20-12-25-30(22(20)19-11-18(19)21-14-28(2)27-26-21)17-8-4-6-15(10-17)16-7-5-9-29(13-16)24(32)33/h4,6-8,10,12,14,18-19H,3,5,9,11,13H2,1-2H3,(H,32,33)/t18-,19-/m1/s1. The molecule has 1 aliphatic heterocycles. The van der Waals surface area contributed by atoms with E-state index in [9.17, 15) is 14.7 Å². The van der Waals surface area contributed by atoms with E-state index in [1.807, 2.05) is 37.5 Å². The SMILES string of the molecule is CCOC(=O)c1cnn(-c2cccc(C3=CCCN(C(=O)O)C3)c2)c1[C@@H]1C[C@H]1c1cn(C)nn1. The van der Waals surface area contributed by atoms with Crippen LogP contribution in [0.15, 0.2) is 42.7 Å². The van der Waals surface area contributed by atoms with Crippen LogP contribution in [0.5, 0.6) is 0 Å². The number of hydrogen-bond acceptors (Lipinski definition) is 6. The van der Waals surface area contributed by atoms with Gasteiger partial charge in [-0.15, -0.1) is 5.10 Å². The molecule has 2 aromatic heterocycles. The molecule has 0 bridgehead atoms. The molecule has 3 heterocycles. The quantitative estimate of drug-likeness (QED) is 0.559. The number of carbonyl (C=O) groups is 2. The highest BCUT2D eigenvalue weighted by Gasteiger charge is 2.46. The lowest BCUT2D eigenvalue weighted by atomic mass is 10.0. The van der Waals surface area contributed by atoms with Crippen molar-refractivity contribution in [1.29, 1.82) is 0 Å². The van der Waals surface area contributed by atoms with E-state index in [0.29, 0.717) is 25.1 Å². The minimum atomic E-state index is -0.918. The van der Waals surface area contributed by atoms with Gasteiger partial charge in [0.25, 0.3) is 0 Å². The number of amides is 1. The number of carbonyl (C=O) groups excluding carboxylic acids is 1. The van der Waals surface area contributed by atoms with Crippen LogP contribution >= 0.6 is 0 Å². The van der Waals surface area contributed by atoms with Crippen molar-refractivity contribution in [2.24, 2.45) is 7.05 Å². The summed E-state index contributed by atoms with van der Waals surface area (Å²) in [5, 5.41) is 22.3. The van der Waals surface area contributed by atoms with Crippen molar-refractivity contribution < 1.29 is 19.4 Å². The van der Waals surface area contributed by atoms with Crippen LogP contribution in [0, 0.1) is 0 Å². The fraction of sp³-hybridized carbons (Fsp3) is 0.375. The van der Waals surface area contributed by atoms with Crippen LogP contribution in [0.1, 0.15) is 58.9 Å². The molecule has 34 heavy (non-hydrogen) atoms. The first-order valence-electron chi connectivity index (χ1n) is 11.3. The van der Waals surface area contributed by atoms with E-state index in [4.69, 9.17) is 4.74 Å². The lowest BCUT2D eigenvalue weighted by molar-refractivity contribution is 0.0525. The van der Waals surface area contributed by atoms with Crippen LogP contribution in [-0.2, 0) is 11.8 Å². The van der Waals surface area contributed by atoms with Gasteiger partial charge in [-0.3, -0.25) is 4.68 Å². The van der Waals surface area contributed by atoms with Crippen LogP contribution in [0.4, 0.5) is 4.79 Å². The van der Waals surface area contributed by atoms with E-state index < -0.39 is 12.1 Å². The predicted octanol–water partition coefficient (Wildman–Crippen LogP) is 3.22. The summed E-state index contributed by atoms with van der Waals surface area (Å²) in [6.07, 6.45) is 6.15. The average molecular weight is 463 g/mol. The van der Waals surface area contributed by atoms with Crippen molar-refractivity contribution in [3.63, 3.8) is 0 Å². The van der Waals surface area contributed by atoms with Gasteiger partial charge >= 0.3 is 12.1 Å². The number of carboxylic acid groups (broad SMARTS) is 1. The summed E-state index contributed by atoms with van der Waals surface area (Å²) in [7, 11) is 1.83. The Bertz CT molecular complexity index is 1280. The maximum atomic E-state index is 12.7. The minimum Gasteiger partial charge on any atom is -0.465 e. The van der Waals surface area contributed by atoms with Gasteiger partial charge in [-0.2, -0.15) is 5.10 Å². The van der Waals surface area contributed by atoms with Crippen LogP contribution in [0.3, 0.4) is 0 Å². The normalized spacial score (nSPS) is 19.6. The first-order valence-corrected chi connectivity index (χ1v) is 11.3. The molecule has 0 saturated heterocycles. The Morgan fingerprint density at radius 1 is 1.26 bits per heavy atom. The average Bonchev–Trinajstić information content (AvgIpc) is 3.29. The van der Waals surface area contributed by atoms with Crippen LogP contribution < -0.4 is 0 Å². The highest BCUT2D eigenvalue weighted by molar-refractivity contribution is 5.91. The second-order valence-corrected chi connectivity index (χ2v) is 8.61. The van der Waals surface area contributed by atoms with E-state index >= 15 is 0 Å². The summed E-state index contributed by atoms with van der Waals surface area (Å²) in [6.45, 7) is 2.90. The van der Waals surface area contributed by atoms with E-state index in [1.165, 1.54) is 4.90 Å². The molecule has 1 saturated carbocycles. The van der Waals surface area contributed by atoms with E-state index in [1.54, 1.807) is 22.5 Å². The van der Waals surface area contributed by atoms with Gasteiger partial charge in [0.15, 0.2) is 0 Å². The molecule has 0 radical (unpaired) electrons. The Kier molecular flexibility index (Phi) is 5.64. The zero-order chi connectivity index (χ0) is 23.8. The zero-order valence-corrected chi connectivity index (χ0v) is 19.1. The first-order chi connectivity index (χ1) is 16.5. The number of aromatic nitrogens is 5. The van der Waals surface area contributed by atoms with E-state index in [-0.39, 0.29) is 18.4 Å². The van der Waals surface area contributed by atoms with Crippen LogP contribution in [-0.4, -0.2) is 66.5 Å². The number of benzene rings is 1. The largest absolute Gasteiger partial charge is 0.465 e. The summed E-state index contributed by atoms with van der Waals surface area (Å²) in [5.41, 5.74) is 4.85. The minimum absolute atomic E-state index is 0.0682. The van der Waals surface area contributed by atoms with Gasteiger partial charge in [-0.05, 0) is 43.0 Å². The molecule has 176 valence electrons. The highest BCUT2D eigenvalue weighted by Crippen LogP contribution is 2.55. The summed E-state index contributed by atoms with van der Waals surface area (Å²) in [5.74, 6) is -0.166. The number of aryl methyl sites for hydroxylation is 1. The van der Waals surface area contributed by atoms with Crippen LogP contribution in [0.25, 0.3) is 11.3 Å². The Labute approximate surface area is 196 Å². The lowest BCUT2D eigenvalue weighted by Crippen LogP contribution is -2.34. The maximum absolute atomic E-state index is 12.7. The first kappa shape index (κ1) is 21.9. The Morgan fingerprint density at radius 2 is 2.12 bits per heavy atom. The van der Waals surface area contributed by atoms with Crippen molar-refractivity contribution in [1.82, 2.24) is 29.7 Å². The van der Waals surface area contributed by atoms with Crippen molar-refractivity contribution in [2.75, 3.05) is 19.7 Å². The van der Waals surface area contributed by atoms with Crippen LogP contribution in [0.2, 0.25) is 0 Å². The topological polar surface area (TPSA) is 115 Å². The summed E-state index contributed by atoms with van der Waals surface area (Å²) in [6, 6.07) is 7.82. The summed E-state index contributed by atoms with van der Waals surface area (Å²) < 4.78 is 8.78. The molecule has 0 spiro atoms. The Morgan fingerprint density at radius 3 is 2.85 bits per heavy atom. The molecule has 2 aliphatic rings. The third-order valence-electron chi connectivity index (χ3n) is 6.33. The van der Waals surface area contributed by atoms with Crippen molar-refractivity contribution >= 4 is 17.6 Å². The fourth-order valence-electron chi connectivity index (χ4n) is 4.60. The molecule has 1 aromatic carbocycles.